The second-order valence-electron chi connectivity index (χ2n) is 7.97. The summed E-state index contributed by atoms with van der Waals surface area (Å²) in [7, 11) is 0. The van der Waals surface area contributed by atoms with Crippen LogP contribution in [0.4, 0.5) is 0 Å². The molecular weight excluding hydrogens is 392 g/mol. The number of unbranched alkanes of at least 4 members (excludes halogenated alkanes) is 3. The van der Waals surface area contributed by atoms with E-state index in [1.165, 1.54) is 0 Å². The van der Waals surface area contributed by atoms with Gasteiger partial charge in [-0.15, -0.1) is 0 Å². The van der Waals surface area contributed by atoms with E-state index >= 15 is 0 Å². The molecule has 32 heavy (non-hydrogen) atoms. The molecule has 3 heteroatoms. The zero-order chi connectivity index (χ0) is 22.8. The average molecular weight is 423 g/mol. The Bertz CT molecular complexity index is 1120. The third kappa shape index (κ3) is 5.37. The van der Waals surface area contributed by atoms with Crippen LogP contribution in [0.3, 0.4) is 0 Å². The first-order valence-electron chi connectivity index (χ1n) is 11.5. The number of benzene rings is 3. The molecule has 0 bridgehead atoms. The Morgan fingerprint density at radius 2 is 1.38 bits per heavy atom. The van der Waals surface area contributed by atoms with E-state index in [1.54, 1.807) is 0 Å². The van der Waals surface area contributed by atoms with Gasteiger partial charge in [0.1, 0.15) is 17.9 Å². The maximum atomic E-state index is 9.97. The predicted octanol–water partition coefficient (Wildman–Crippen LogP) is 7.68. The molecule has 0 unspecified atom stereocenters. The van der Waals surface area contributed by atoms with Crippen LogP contribution in [0.2, 0.25) is 0 Å². The molecule has 0 saturated heterocycles. The van der Waals surface area contributed by atoms with Crippen LogP contribution in [0.1, 0.15) is 62.6 Å². The van der Waals surface area contributed by atoms with Crippen LogP contribution in [-0.2, 0) is 6.42 Å². The van der Waals surface area contributed by atoms with Gasteiger partial charge in [0.25, 0.3) is 0 Å². The van der Waals surface area contributed by atoms with E-state index in [2.05, 4.69) is 44.2 Å². The quantitative estimate of drug-likeness (QED) is 0.315. The Hall–Kier alpha value is -3.56. The fourth-order valence-corrected chi connectivity index (χ4v) is 3.92. The summed E-state index contributed by atoms with van der Waals surface area (Å²) in [5, 5.41) is 19.8. The summed E-state index contributed by atoms with van der Waals surface area (Å²) in [4.78, 5) is 0. The Balaban J connectivity index is 2.00. The van der Waals surface area contributed by atoms with Gasteiger partial charge in [-0.1, -0.05) is 81.6 Å². The molecule has 0 radical (unpaired) electrons. The van der Waals surface area contributed by atoms with Crippen molar-refractivity contribution in [2.24, 2.45) is 0 Å². The maximum Gasteiger partial charge on any atom is 0.119 e. The number of hydrogen-bond acceptors (Lipinski definition) is 3. The highest BCUT2D eigenvalue weighted by atomic mass is 16.5. The zero-order valence-corrected chi connectivity index (χ0v) is 19.0. The molecule has 0 N–H and O–H groups in total. The zero-order valence-electron chi connectivity index (χ0n) is 19.0. The molecule has 0 aromatic heterocycles. The molecule has 0 amide bonds. The molecule has 0 aliphatic carbocycles. The summed E-state index contributed by atoms with van der Waals surface area (Å²) in [6.45, 7) is 5.03. The molecule has 0 aliphatic heterocycles. The Morgan fingerprint density at radius 3 is 2.03 bits per heavy atom. The predicted molar refractivity (Wildman–Crippen MR) is 130 cm³/mol. The Kier molecular flexibility index (Phi) is 8.47. The number of ether oxygens (including phenoxy) is 1. The van der Waals surface area contributed by atoms with E-state index in [0.29, 0.717) is 11.1 Å². The van der Waals surface area contributed by atoms with Crippen LogP contribution in [0, 0.1) is 22.7 Å². The summed E-state index contributed by atoms with van der Waals surface area (Å²) in [5.74, 6) is 0.862. The second-order valence-corrected chi connectivity index (χ2v) is 7.97. The third-order valence-corrected chi connectivity index (χ3v) is 5.71. The van der Waals surface area contributed by atoms with Crippen molar-refractivity contribution in [2.45, 2.75) is 52.4 Å². The molecule has 0 atom stereocenters. The van der Waals surface area contributed by atoms with Crippen molar-refractivity contribution >= 4 is 0 Å². The van der Waals surface area contributed by atoms with Crippen molar-refractivity contribution in [1.82, 2.24) is 0 Å². The van der Waals surface area contributed by atoms with Gasteiger partial charge in [0, 0.05) is 5.56 Å². The van der Waals surface area contributed by atoms with Gasteiger partial charge in [-0.05, 0) is 53.6 Å². The molecule has 3 nitrogen and oxygen atoms in total. The van der Waals surface area contributed by atoms with E-state index < -0.39 is 0 Å². The van der Waals surface area contributed by atoms with Gasteiger partial charge in [0.05, 0.1) is 17.7 Å². The van der Waals surface area contributed by atoms with Gasteiger partial charge in [0.2, 0.25) is 0 Å². The first-order valence-corrected chi connectivity index (χ1v) is 11.5. The fraction of sp³-hybridized carbons (Fsp3) is 0.310. The minimum Gasteiger partial charge on any atom is -0.494 e. The number of aryl methyl sites for hydroxylation is 1. The molecule has 3 rings (SSSR count). The summed E-state index contributed by atoms with van der Waals surface area (Å²) in [6, 6.07) is 24.8. The largest absolute Gasteiger partial charge is 0.494 e. The van der Waals surface area contributed by atoms with Crippen molar-refractivity contribution in [2.75, 3.05) is 6.61 Å². The number of hydrogen-bond donors (Lipinski definition) is 0. The van der Waals surface area contributed by atoms with Crippen molar-refractivity contribution in [3.63, 3.8) is 0 Å². The van der Waals surface area contributed by atoms with Gasteiger partial charge < -0.3 is 4.74 Å². The van der Waals surface area contributed by atoms with E-state index in [0.717, 1.165) is 78.7 Å². The van der Waals surface area contributed by atoms with Crippen molar-refractivity contribution in [3.8, 4) is 40.1 Å². The highest BCUT2D eigenvalue weighted by molar-refractivity contribution is 5.87. The van der Waals surface area contributed by atoms with Gasteiger partial charge in [0.15, 0.2) is 0 Å². The lowest BCUT2D eigenvalue weighted by Gasteiger charge is -2.15. The highest BCUT2D eigenvalue weighted by Crippen LogP contribution is 2.36. The van der Waals surface area contributed by atoms with Crippen LogP contribution in [0.5, 0.6) is 5.75 Å². The van der Waals surface area contributed by atoms with E-state index in [4.69, 9.17) is 4.74 Å². The van der Waals surface area contributed by atoms with Crippen LogP contribution >= 0.6 is 0 Å². The second kappa shape index (κ2) is 11.7. The lowest BCUT2D eigenvalue weighted by atomic mass is 9.87. The van der Waals surface area contributed by atoms with Crippen molar-refractivity contribution < 1.29 is 4.74 Å². The monoisotopic (exact) mass is 422 g/mol. The normalized spacial score (nSPS) is 10.4. The molecule has 3 aromatic carbocycles. The average Bonchev–Trinajstić information content (AvgIpc) is 2.84. The standard InChI is InChI=1S/C29H30N2O/c1-3-5-7-10-22-15-18-27(29(21-31)28(22)20-30)26-12-9-8-11-25(26)23-13-16-24(17-14-23)32-19-6-4-2/h8-9,11-18H,3-7,10,19H2,1-2H3. The minimum atomic E-state index is 0.466. The van der Waals surface area contributed by atoms with Crippen LogP contribution < -0.4 is 4.74 Å². The molecule has 162 valence electrons. The number of nitriles is 2. The first kappa shape index (κ1) is 23.1. The van der Waals surface area contributed by atoms with E-state index in [9.17, 15) is 10.5 Å². The summed E-state index contributed by atoms with van der Waals surface area (Å²) in [5.41, 5.74) is 5.79. The van der Waals surface area contributed by atoms with Gasteiger partial charge >= 0.3 is 0 Å². The van der Waals surface area contributed by atoms with Crippen LogP contribution in [-0.4, -0.2) is 6.61 Å². The van der Waals surface area contributed by atoms with Gasteiger partial charge in [-0.2, -0.15) is 10.5 Å². The molecular formula is C29H30N2O. The third-order valence-electron chi connectivity index (χ3n) is 5.71. The Labute approximate surface area is 191 Å². The van der Waals surface area contributed by atoms with Crippen LogP contribution in [0.25, 0.3) is 22.3 Å². The smallest absolute Gasteiger partial charge is 0.119 e. The molecule has 0 fully saturated rings. The SMILES string of the molecule is CCCCCc1ccc(-c2ccccc2-c2ccc(OCCCC)cc2)c(C#N)c1C#N. The summed E-state index contributed by atoms with van der Waals surface area (Å²) < 4.78 is 5.79. The topological polar surface area (TPSA) is 56.8 Å². The Morgan fingerprint density at radius 1 is 0.688 bits per heavy atom. The molecule has 0 aliphatic rings. The van der Waals surface area contributed by atoms with E-state index in [-0.39, 0.29) is 0 Å². The maximum absolute atomic E-state index is 9.97. The number of rotatable bonds is 10. The molecule has 0 saturated carbocycles. The lowest BCUT2D eigenvalue weighted by molar-refractivity contribution is 0.309. The lowest BCUT2D eigenvalue weighted by Crippen LogP contribution is -1.98. The molecule has 0 heterocycles. The molecule has 3 aromatic rings. The van der Waals surface area contributed by atoms with Gasteiger partial charge in [-0.3, -0.25) is 0 Å². The summed E-state index contributed by atoms with van der Waals surface area (Å²) >= 11 is 0. The highest BCUT2D eigenvalue weighted by Gasteiger charge is 2.17. The van der Waals surface area contributed by atoms with Crippen molar-refractivity contribution in [3.05, 3.63) is 77.4 Å². The van der Waals surface area contributed by atoms with Crippen LogP contribution in [0.15, 0.2) is 60.7 Å². The van der Waals surface area contributed by atoms with E-state index in [1.807, 2.05) is 42.5 Å². The first-order chi connectivity index (χ1) is 15.7. The minimum absolute atomic E-state index is 0.466. The molecule has 0 spiro atoms. The van der Waals surface area contributed by atoms with Crippen molar-refractivity contribution in [1.29, 1.82) is 10.5 Å². The summed E-state index contributed by atoms with van der Waals surface area (Å²) in [6.07, 6.45) is 6.24. The van der Waals surface area contributed by atoms with Gasteiger partial charge in [-0.25, -0.2) is 0 Å². The fourth-order valence-electron chi connectivity index (χ4n) is 3.92. The number of nitrogens with zero attached hydrogens (tertiary/aromatic N) is 2.